The van der Waals surface area contributed by atoms with E-state index in [0.29, 0.717) is 6.61 Å². The highest BCUT2D eigenvalue weighted by molar-refractivity contribution is 5.45. The van der Waals surface area contributed by atoms with Crippen molar-refractivity contribution < 1.29 is 4.74 Å². The maximum absolute atomic E-state index is 6.60. The maximum atomic E-state index is 6.60. The first-order valence-electron chi connectivity index (χ1n) is 6.37. The van der Waals surface area contributed by atoms with Crippen LogP contribution < -0.4 is 10.6 Å². The van der Waals surface area contributed by atoms with Crippen molar-refractivity contribution in [1.29, 1.82) is 5.41 Å². The molecule has 0 aliphatic carbocycles. The van der Waals surface area contributed by atoms with E-state index in [2.05, 4.69) is 27.5 Å². The molecule has 3 N–H and O–H groups in total. The van der Waals surface area contributed by atoms with E-state index in [4.69, 9.17) is 10.1 Å². The average molecular weight is 250 g/mol. The Morgan fingerprint density at radius 3 is 3.17 bits per heavy atom. The van der Waals surface area contributed by atoms with E-state index < -0.39 is 0 Å². The van der Waals surface area contributed by atoms with Crippen LogP contribution in [0.3, 0.4) is 0 Å². The third-order valence-corrected chi connectivity index (χ3v) is 2.57. The van der Waals surface area contributed by atoms with Gasteiger partial charge in [-0.3, -0.25) is 5.41 Å². The van der Waals surface area contributed by atoms with Gasteiger partial charge in [-0.25, -0.2) is 0 Å². The van der Waals surface area contributed by atoms with Gasteiger partial charge in [0, 0.05) is 57.3 Å². The second-order valence-electron chi connectivity index (χ2n) is 3.99. The molecule has 0 spiro atoms. The van der Waals surface area contributed by atoms with E-state index in [0.717, 1.165) is 45.6 Å². The Labute approximate surface area is 109 Å². The number of hydrogen-bond acceptors (Lipinski definition) is 5. The monoisotopic (exact) mass is 250 g/mol. The van der Waals surface area contributed by atoms with Crippen LogP contribution in [-0.2, 0) is 4.74 Å². The SMILES string of the molecule is N=C=C=CNCCOCCCCN1C=CNCC1. The van der Waals surface area contributed by atoms with Gasteiger partial charge in [0.25, 0.3) is 0 Å². The van der Waals surface area contributed by atoms with Crippen LogP contribution in [0.1, 0.15) is 12.8 Å². The molecule has 0 aromatic heterocycles. The van der Waals surface area contributed by atoms with Crippen LogP contribution in [0.15, 0.2) is 24.3 Å². The normalized spacial score (nSPS) is 13.4. The Morgan fingerprint density at radius 2 is 2.39 bits per heavy atom. The number of nitrogens with one attached hydrogen (secondary N) is 3. The van der Waals surface area contributed by atoms with E-state index in [1.54, 1.807) is 6.20 Å². The zero-order valence-electron chi connectivity index (χ0n) is 10.7. The third-order valence-electron chi connectivity index (χ3n) is 2.57. The van der Waals surface area contributed by atoms with E-state index in [-0.39, 0.29) is 0 Å². The van der Waals surface area contributed by atoms with Crippen LogP contribution in [-0.4, -0.2) is 50.2 Å². The van der Waals surface area contributed by atoms with Crippen molar-refractivity contribution in [2.45, 2.75) is 12.8 Å². The number of hydrogen-bond donors (Lipinski definition) is 3. The smallest absolute Gasteiger partial charge is 0.0639 e. The van der Waals surface area contributed by atoms with E-state index in [9.17, 15) is 0 Å². The molecule has 0 fully saturated rings. The van der Waals surface area contributed by atoms with Gasteiger partial charge in [-0.1, -0.05) is 0 Å². The molecule has 1 heterocycles. The number of unbranched alkanes of at least 4 members (excludes halogenated alkanes) is 1. The minimum atomic E-state index is 0.684. The summed E-state index contributed by atoms with van der Waals surface area (Å²) < 4.78 is 5.48. The minimum Gasteiger partial charge on any atom is -0.388 e. The summed E-state index contributed by atoms with van der Waals surface area (Å²) in [5.41, 5.74) is 2.50. The summed E-state index contributed by atoms with van der Waals surface area (Å²) in [6.07, 6.45) is 7.94. The van der Waals surface area contributed by atoms with Crippen molar-refractivity contribution in [3.8, 4) is 0 Å². The van der Waals surface area contributed by atoms with Gasteiger partial charge < -0.3 is 20.3 Å². The molecule has 0 amide bonds. The van der Waals surface area contributed by atoms with Crippen molar-refractivity contribution in [3.63, 3.8) is 0 Å². The molecule has 0 saturated carbocycles. The molecule has 5 heteroatoms. The van der Waals surface area contributed by atoms with Crippen LogP contribution in [0, 0.1) is 5.41 Å². The molecule has 0 aromatic rings. The number of ether oxygens (including phenoxy) is 1. The van der Waals surface area contributed by atoms with Gasteiger partial charge in [-0.15, -0.1) is 0 Å². The second kappa shape index (κ2) is 10.5. The summed E-state index contributed by atoms with van der Waals surface area (Å²) in [7, 11) is 0. The van der Waals surface area contributed by atoms with E-state index in [1.807, 2.05) is 12.1 Å². The highest BCUT2D eigenvalue weighted by Gasteiger charge is 2.01. The molecule has 0 unspecified atom stereocenters. The lowest BCUT2D eigenvalue weighted by atomic mass is 10.3. The highest BCUT2D eigenvalue weighted by Crippen LogP contribution is 1.98. The first kappa shape index (κ1) is 14.4. The Morgan fingerprint density at radius 1 is 1.44 bits per heavy atom. The lowest BCUT2D eigenvalue weighted by Crippen LogP contribution is -2.31. The largest absolute Gasteiger partial charge is 0.388 e. The first-order chi connectivity index (χ1) is 8.93. The molecule has 1 aliphatic rings. The van der Waals surface area contributed by atoms with Gasteiger partial charge in [-0.2, -0.15) is 0 Å². The Bertz CT molecular complexity index is 317. The topological polar surface area (TPSA) is 60.4 Å². The molecule has 0 saturated heterocycles. The molecule has 1 aliphatic heterocycles. The summed E-state index contributed by atoms with van der Waals surface area (Å²) in [5, 5.41) is 12.7. The predicted octanol–water partition coefficient (Wildman–Crippen LogP) is 0.666. The molecule has 1 rings (SSSR count). The van der Waals surface area contributed by atoms with Crippen LogP contribution in [0.4, 0.5) is 0 Å². The second-order valence-corrected chi connectivity index (χ2v) is 3.99. The zero-order valence-corrected chi connectivity index (χ0v) is 10.7. The van der Waals surface area contributed by atoms with Crippen LogP contribution in [0.2, 0.25) is 0 Å². The van der Waals surface area contributed by atoms with Gasteiger partial charge >= 0.3 is 0 Å². The fraction of sp³-hybridized carbons (Fsp3) is 0.615. The average Bonchev–Trinajstić information content (AvgIpc) is 2.42. The third kappa shape index (κ3) is 7.58. The van der Waals surface area contributed by atoms with Crippen molar-refractivity contribution >= 4 is 5.87 Å². The molecule has 0 atom stereocenters. The molecular formula is C13H22N4O. The van der Waals surface area contributed by atoms with Crippen LogP contribution in [0.5, 0.6) is 0 Å². The van der Waals surface area contributed by atoms with Crippen molar-refractivity contribution in [3.05, 3.63) is 24.3 Å². The quantitative estimate of drug-likeness (QED) is 0.320. The molecule has 0 bridgehead atoms. The van der Waals surface area contributed by atoms with Gasteiger partial charge in [0.05, 0.1) is 6.61 Å². The Balaban J connectivity index is 1.83. The predicted molar refractivity (Wildman–Crippen MR) is 72.6 cm³/mol. The summed E-state index contributed by atoms with van der Waals surface area (Å²) in [6, 6.07) is 0. The van der Waals surface area contributed by atoms with E-state index in [1.165, 1.54) is 0 Å². The molecule has 0 radical (unpaired) electrons. The van der Waals surface area contributed by atoms with Crippen LogP contribution in [0.25, 0.3) is 0 Å². The van der Waals surface area contributed by atoms with E-state index >= 15 is 0 Å². The van der Waals surface area contributed by atoms with Gasteiger partial charge in [0.15, 0.2) is 0 Å². The minimum absolute atomic E-state index is 0.684. The van der Waals surface area contributed by atoms with Crippen molar-refractivity contribution in [2.24, 2.45) is 0 Å². The number of nitrogens with zero attached hydrogens (tertiary/aromatic N) is 1. The summed E-state index contributed by atoms with van der Waals surface area (Å²) >= 11 is 0. The fourth-order valence-electron chi connectivity index (χ4n) is 1.62. The summed E-state index contributed by atoms with van der Waals surface area (Å²) in [4.78, 5) is 2.33. The maximum Gasteiger partial charge on any atom is 0.0639 e. The summed E-state index contributed by atoms with van der Waals surface area (Å²) in [6.45, 7) is 5.47. The van der Waals surface area contributed by atoms with Crippen LogP contribution >= 0.6 is 0 Å². The van der Waals surface area contributed by atoms with Gasteiger partial charge in [0.1, 0.15) is 0 Å². The molecule has 100 valence electrons. The Kier molecular flexibility index (Phi) is 8.38. The molecule has 18 heavy (non-hydrogen) atoms. The van der Waals surface area contributed by atoms with Crippen molar-refractivity contribution in [1.82, 2.24) is 15.5 Å². The molecular weight excluding hydrogens is 228 g/mol. The lowest BCUT2D eigenvalue weighted by molar-refractivity contribution is 0.132. The zero-order chi connectivity index (χ0) is 12.9. The standard InChI is InChI=1S/C13H22N4O/c14-4-3-5-15-8-13-18-12-2-1-9-17-10-6-16-7-11-17/h5-6,10,14-16H,1-2,7-9,11-13H2. The summed E-state index contributed by atoms with van der Waals surface area (Å²) in [5.74, 6) is 2.04. The highest BCUT2D eigenvalue weighted by atomic mass is 16.5. The molecule has 0 aromatic carbocycles. The molecule has 5 nitrogen and oxygen atoms in total. The first-order valence-corrected chi connectivity index (χ1v) is 6.37. The van der Waals surface area contributed by atoms with Crippen molar-refractivity contribution in [2.75, 3.05) is 39.4 Å². The lowest BCUT2D eigenvalue weighted by Gasteiger charge is -2.23. The number of rotatable bonds is 9. The fourth-order valence-corrected chi connectivity index (χ4v) is 1.62. The van der Waals surface area contributed by atoms with Gasteiger partial charge in [0.2, 0.25) is 0 Å². The Hall–Kier alpha value is -1.67. The van der Waals surface area contributed by atoms with Gasteiger partial charge in [-0.05, 0) is 18.6 Å².